The molecule has 0 saturated carbocycles. The van der Waals surface area contributed by atoms with E-state index in [1.165, 1.54) is 0 Å². The van der Waals surface area contributed by atoms with Gasteiger partial charge in [0, 0.05) is 42.4 Å². The predicted octanol–water partition coefficient (Wildman–Crippen LogP) is 2.64. The van der Waals surface area contributed by atoms with Crippen molar-refractivity contribution < 1.29 is 4.79 Å². The molecule has 2 aromatic heterocycles. The summed E-state index contributed by atoms with van der Waals surface area (Å²) < 4.78 is 0. The molecule has 6 nitrogen and oxygen atoms in total. The molecule has 0 aliphatic carbocycles. The molecule has 1 aromatic carbocycles. The number of fused-ring (bicyclic) bond motifs is 1. The number of H-pyrrole nitrogens is 1. The second-order valence-corrected chi connectivity index (χ2v) is 6.99. The Morgan fingerprint density at radius 3 is 2.87 bits per heavy atom. The number of aromatic nitrogens is 2. The smallest absolute Gasteiger partial charge is 0.296 e. The number of nitrogens with one attached hydrogen (secondary N) is 4. The fraction of sp³-hybridized carbons (Fsp3) is 0.174. The summed E-state index contributed by atoms with van der Waals surface area (Å²) in [4.78, 5) is 19.5. The third-order valence-corrected chi connectivity index (χ3v) is 4.67. The maximum atomic E-state index is 12.2. The van der Waals surface area contributed by atoms with Crippen LogP contribution in [0.3, 0.4) is 0 Å². The Labute approximate surface area is 181 Å². The van der Waals surface area contributed by atoms with Gasteiger partial charge in [-0.2, -0.15) is 0 Å². The summed E-state index contributed by atoms with van der Waals surface area (Å²) in [6, 6.07) is 13.2. The first-order valence-electron chi connectivity index (χ1n) is 9.57. The van der Waals surface area contributed by atoms with Crippen LogP contribution >= 0.6 is 12.2 Å². The zero-order chi connectivity index (χ0) is 21.2. The minimum absolute atomic E-state index is 0.169. The Kier molecular flexibility index (Phi) is 7.58. The molecule has 1 amide bonds. The van der Waals surface area contributed by atoms with E-state index in [9.17, 15) is 4.79 Å². The van der Waals surface area contributed by atoms with Crippen molar-refractivity contribution in [2.24, 2.45) is 0 Å². The van der Waals surface area contributed by atoms with Crippen LogP contribution in [-0.4, -0.2) is 33.6 Å². The predicted molar refractivity (Wildman–Crippen MR) is 124 cm³/mol. The molecule has 152 valence electrons. The highest BCUT2D eigenvalue weighted by Crippen LogP contribution is 2.14. The molecule has 0 bridgehead atoms. The van der Waals surface area contributed by atoms with Crippen LogP contribution in [0.1, 0.15) is 17.5 Å². The Bertz CT molecular complexity index is 1080. The maximum absolute atomic E-state index is 12.2. The van der Waals surface area contributed by atoms with E-state index in [0.717, 1.165) is 22.2 Å². The number of carbonyl (C=O) groups excluding carboxylic acids is 1. The van der Waals surface area contributed by atoms with Gasteiger partial charge < -0.3 is 20.9 Å². The molecule has 0 aliphatic heterocycles. The Morgan fingerprint density at radius 2 is 2.07 bits per heavy atom. The lowest BCUT2D eigenvalue weighted by atomic mass is 10.2. The molecule has 3 rings (SSSR count). The summed E-state index contributed by atoms with van der Waals surface area (Å²) >= 11 is 5.37. The quantitative estimate of drug-likeness (QED) is 0.270. The summed E-state index contributed by atoms with van der Waals surface area (Å²) in [6.45, 7) is 4.79. The van der Waals surface area contributed by atoms with Gasteiger partial charge in [0.25, 0.3) is 5.91 Å². The first-order valence-corrected chi connectivity index (χ1v) is 9.97. The number of hydrogen-bond donors (Lipinski definition) is 4. The molecule has 3 aromatic rings. The van der Waals surface area contributed by atoms with Crippen LogP contribution in [0, 0.1) is 11.8 Å². The standard InChI is InChI=1S/C23H23N5OS/c1-2-6-19(28-21(29)10-9-17-7-4-3-5-8-17)16-27-23(30)26-15-18-11-13-24-22-20(18)12-14-25-22/h2-5,7-8,11-14,19H,1,6,15-16H2,(H,24,25)(H,28,29)(H2,26,27,30). The fourth-order valence-corrected chi connectivity index (χ4v) is 3.05. The lowest BCUT2D eigenvalue weighted by Crippen LogP contribution is -2.45. The van der Waals surface area contributed by atoms with E-state index >= 15 is 0 Å². The molecule has 2 heterocycles. The first kappa shape index (κ1) is 21.1. The van der Waals surface area contributed by atoms with E-state index < -0.39 is 0 Å². The van der Waals surface area contributed by atoms with Crippen molar-refractivity contribution in [1.82, 2.24) is 25.9 Å². The monoisotopic (exact) mass is 417 g/mol. The summed E-state index contributed by atoms with van der Waals surface area (Å²) in [5, 5.41) is 10.8. The van der Waals surface area contributed by atoms with Crippen LogP contribution in [0.15, 0.2) is 67.5 Å². The fourth-order valence-electron chi connectivity index (χ4n) is 2.89. The zero-order valence-electron chi connectivity index (χ0n) is 16.4. The van der Waals surface area contributed by atoms with Crippen LogP contribution in [0.5, 0.6) is 0 Å². The van der Waals surface area contributed by atoms with E-state index in [4.69, 9.17) is 12.2 Å². The second-order valence-electron chi connectivity index (χ2n) is 6.58. The summed E-state index contributed by atoms with van der Waals surface area (Å²) in [7, 11) is 0. The number of nitrogens with zero attached hydrogens (tertiary/aromatic N) is 1. The van der Waals surface area contributed by atoms with Gasteiger partial charge in [0.15, 0.2) is 5.11 Å². The van der Waals surface area contributed by atoms with Crippen LogP contribution in [0.4, 0.5) is 0 Å². The third-order valence-electron chi connectivity index (χ3n) is 4.38. The molecule has 7 heteroatoms. The van der Waals surface area contributed by atoms with Gasteiger partial charge in [-0.3, -0.25) is 4.79 Å². The van der Waals surface area contributed by atoms with E-state index in [-0.39, 0.29) is 11.9 Å². The number of thiocarbonyl (C=S) groups is 1. The van der Waals surface area contributed by atoms with E-state index in [1.54, 1.807) is 12.3 Å². The van der Waals surface area contributed by atoms with Crippen molar-refractivity contribution >= 4 is 34.3 Å². The molecular formula is C23H23N5OS. The van der Waals surface area contributed by atoms with Gasteiger partial charge >= 0.3 is 0 Å². The lowest BCUT2D eigenvalue weighted by molar-refractivity contribution is -0.116. The largest absolute Gasteiger partial charge is 0.361 e. The molecule has 0 spiro atoms. The van der Waals surface area contributed by atoms with Gasteiger partial charge in [0.1, 0.15) is 5.65 Å². The topological polar surface area (TPSA) is 81.8 Å². The highest BCUT2D eigenvalue weighted by atomic mass is 32.1. The molecule has 0 saturated heterocycles. The number of carbonyl (C=O) groups is 1. The van der Waals surface area contributed by atoms with Crippen molar-refractivity contribution in [3.8, 4) is 11.8 Å². The molecule has 1 unspecified atom stereocenters. The Balaban J connectivity index is 1.48. The van der Waals surface area contributed by atoms with Crippen molar-refractivity contribution in [2.45, 2.75) is 19.0 Å². The van der Waals surface area contributed by atoms with Crippen LogP contribution in [0.2, 0.25) is 0 Å². The SMILES string of the molecule is C=CCC(CNC(=S)NCc1ccnc2[nH]ccc12)NC(=O)C#Cc1ccccc1. The Hall–Kier alpha value is -3.63. The lowest BCUT2D eigenvalue weighted by Gasteiger charge is -2.18. The van der Waals surface area contributed by atoms with Gasteiger partial charge in [-0.1, -0.05) is 30.2 Å². The summed E-state index contributed by atoms with van der Waals surface area (Å²) in [5.74, 6) is 5.14. The number of pyridine rings is 1. The van der Waals surface area contributed by atoms with Crippen LogP contribution in [0.25, 0.3) is 11.0 Å². The van der Waals surface area contributed by atoms with E-state index in [0.29, 0.717) is 24.6 Å². The van der Waals surface area contributed by atoms with Gasteiger partial charge in [-0.25, -0.2) is 4.98 Å². The average molecular weight is 418 g/mol. The van der Waals surface area contributed by atoms with Crippen molar-refractivity contribution in [3.05, 3.63) is 78.6 Å². The van der Waals surface area contributed by atoms with Crippen LogP contribution < -0.4 is 16.0 Å². The van der Waals surface area contributed by atoms with Gasteiger partial charge in [-0.05, 0) is 48.5 Å². The zero-order valence-corrected chi connectivity index (χ0v) is 17.3. The molecule has 0 aliphatic rings. The van der Waals surface area contributed by atoms with Gasteiger partial charge in [0.2, 0.25) is 0 Å². The van der Waals surface area contributed by atoms with E-state index in [1.807, 2.05) is 48.7 Å². The van der Waals surface area contributed by atoms with E-state index in [2.05, 4.69) is 44.3 Å². The molecule has 1 atom stereocenters. The van der Waals surface area contributed by atoms with Crippen molar-refractivity contribution in [3.63, 3.8) is 0 Å². The number of hydrogen-bond acceptors (Lipinski definition) is 3. The van der Waals surface area contributed by atoms with Crippen LogP contribution in [-0.2, 0) is 11.3 Å². The minimum Gasteiger partial charge on any atom is -0.361 e. The van der Waals surface area contributed by atoms with Gasteiger partial charge in [-0.15, -0.1) is 6.58 Å². The number of aromatic amines is 1. The van der Waals surface area contributed by atoms with Gasteiger partial charge in [0.05, 0.1) is 6.04 Å². The molecule has 4 N–H and O–H groups in total. The summed E-state index contributed by atoms with van der Waals surface area (Å²) in [6.07, 6.45) is 5.98. The normalized spacial score (nSPS) is 11.1. The van der Waals surface area contributed by atoms with Crippen molar-refractivity contribution in [2.75, 3.05) is 6.54 Å². The maximum Gasteiger partial charge on any atom is 0.296 e. The molecule has 0 fully saturated rings. The molecular weight excluding hydrogens is 394 g/mol. The third kappa shape index (κ3) is 6.19. The highest BCUT2D eigenvalue weighted by molar-refractivity contribution is 7.80. The number of amides is 1. The minimum atomic E-state index is -0.335. The number of benzene rings is 1. The van der Waals surface area contributed by atoms with Crippen molar-refractivity contribution in [1.29, 1.82) is 0 Å². The highest BCUT2D eigenvalue weighted by Gasteiger charge is 2.10. The molecule has 30 heavy (non-hydrogen) atoms. The Morgan fingerprint density at radius 1 is 1.23 bits per heavy atom. The summed E-state index contributed by atoms with van der Waals surface area (Å²) in [5.41, 5.74) is 2.74. The molecule has 0 radical (unpaired) electrons. The number of rotatable bonds is 7. The average Bonchev–Trinajstić information content (AvgIpc) is 3.25. The second kappa shape index (κ2) is 10.8. The first-order chi connectivity index (χ1) is 14.7.